The summed E-state index contributed by atoms with van der Waals surface area (Å²) < 4.78 is 5.19. The average molecular weight is 391 g/mol. The number of aryl methyl sites for hydroxylation is 1. The highest BCUT2D eigenvalue weighted by molar-refractivity contribution is 6.35. The van der Waals surface area contributed by atoms with E-state index in [0.29, 0.717) is 28.2 Å². The maximum Gasteiger partial charge on any atom is 0.227 e. The Labute approximate surface area is 160 Å². The largest absolute Gasteiger partial charge is 0.350 e. The van der Waals surface area contributed by atoms with Crippen molar-refractivity contribution in [3.05, 3.63) is 64.2 Å². The predicted molar refractivity (Wildman–Crippen MR) is 98.9 cm³/mol. The van der Waals surface area contributed by atoms with Crippen molar-refractivity contribution in [2.24, 2.45) is 0 Å². The normalized spacial score (nSPS) is 12.0. The van der Waals surface area contributed by atoms with Gasteiger partial charge in [-0.05, 0) is 36.8 Å². The molecule has 0 saturated heterocycles. The van der Waals surface area contributed by atoms with Crippen molar-refractivity contribution in [1.82, 2.24) is 20.4 Å². The third kappa shape index (κ3) is 4.59. The van der Waals surface area contributed by atoms with Crippen LogP contribution in [0.4, 0.5) is 0 Å². The van der Waals surface area contributed by atoms with Gasteiger partial charge in [0.15, 0.2) is 0 Å². The van der Waals surface area contributed by atoms with E-state index in [1.54, 1.807) is 42.7 Å². The van der Waals surface area contributed by atoms with Crippen molar-refractivity contribution in [3.63, 3.8) is 0 Å². The summed E-state index contributed by atoms with van der Waals surface area (Å²) in [6.07, 6.45) is 3.89. The number of nitrogens with one attached hydrogen (secondary N) is 1. The number of rotatable bonds is 6. The Morgan fingerprint density at radius 1 is 1.23 bits per heavy atom. The minimum absolute atomic E-state index is 0.132. The highest BCUT2D eigenvalue weighted by Gasteiger charge is 2.15. The third-order valence-electron chi connectivity index (χ3n) is 3.78. The Kier molecular flexibility index (Phi) is 5.85. The van der Waals surface area contributed by atoms with Crippen LogP contribution in [0.2, 0.25) is 10.0 Å². The molecule has 0 fully saturated rings. The highest BCUT2D eigenvalue weighted by atomic mass is 35.5. The fourth-order valence-corrected chi connectivity index (χ4v) is 3.01. The van der Waals surface area contributed by atoms with Crippen molar-refractivity contribution < 1.29 is 9.32 Å². The van der Waals surface area contributed by atoms with E-state index in [4.69, 9.17) is 27.7 Å². The zero-order valence-electron chi connectivity index (χ0n) is 13.9. The van der Waals surface area contributed by atoms with Gasteiger partial charge < -0.3 is 9.84 Å². The molecule has 26 heavy (non-hydrogen) atoms. The molecule has 1 N–H and O–H groups in total. The van der Waals surface area contributed by atoms with Gasteiger partial charge in [-0.1, -0.05) is 34.4 Å². The van der Waals surface area contributed by atoms with E-state index in [1.807, 2.05) is 6.92 Å². The molecular weight excluding hydrogens is 375 g/mol. The first-order chi connectivity index (χ1) is 12.5. The van der Waals surface area contributed by atoms with Crippen LogP contribution in [-0.4, -0.2) is 21.0 Å². The molecule has 1 unspecified atom stereocenters. The van der Waals surface area contributed by atoms with Crippen LogP contribution in [0.3, 0.4) is 0 Å². The topological polar surface area (TPSA) is 80.9 Å². The van der Waals surface area contributed by atoms with Gasteiger partial charge in [-0.2, -0.15) is 4.98 Å². The predicted octanol–water partition coefficient (Wildman–Crippen LogP) is 4.25. The van der Waals surface area contributed by atoms with Crippen LogP contribution in [0.15, 0.2) is 47.2 Å². The van der Waals surface area contributed by atoms with Crippen molar-refractivity contribution in [3.8, 4) is 11.4 Å². The molecule has 1 atom stereocenters. The van der Waals surface area contributed by atoms with Crippen LogP contribution in [0.5, 0.6) is 0 Å². The molecule has 2 heterocycles. The molecule has 6 nitrogen and oxygen atoms in total. The van der Waals surface area contributed by atoms with Crippen LogP contribution in [0.1, 0.15) is 30.8 Å². The van der Waals surface area contributed by atoms with E-state index in [-0.39, 0.29) is 18.4 Å². The van der Waals surface area contributed by atoms with Gasteiger partial charge in [0.25, 0.3) is 0 Å². The minimum atomic E-state index is -0.234. The second kappa shape index (κ2) is 8.29. The maximum atomic E-state index is 12.2. The number of benzene rings is 1. The molecule has 3 rings (SSSR count). The van der Waals surface area contributed by atoms with Crippen LogP contribution in [0.25, 0.3) is 11.4 Å². The molecule has 134 valence electrons. The summed E-state index contributed by atoms with van der Waals surface area (Å²) in [5.74, 6) is 0.750. The van der Waals surface area contributed by atoms with E-state index in [0.717, 1.165) is 11.1 Å². The molecule has 0 saturated carbocycles. The van der Waals surface area contributed by atoms with Crippen LogP contribution < -0.4 is 5.32 Å². The fraction of sp³-hybridized carbons (Fsp3) is 0.222. The fourth-order valence-electron chi connectivity index (χ4n) is 2.44. The molecule has 3 aromatic rings. The van der Waals surface area contributed by atoms with E-state index in [2.05, 4.69) is 20.4 Å². The lowest BCUT2D eigenvalue weighted by Gasteiger charge is -2.15. The Morgan fingerprint density at radius 2 is 2.00 bits per heavy atom. The first kappa shape index (κ1) is 18.4. The van der Waals surface area contributed by atoms with Gasteiger partial charge in [-0.25, -0.2) is 0 Å². The molecular formula is C18H16Cl2N4O2. The van der Waals surface area contributed by atoms with Crippen molar-refractivity contribution in [2.75, 3.05) is 0 Å². The summed E-state index contributed by atoms with van der Waals surface area (Å²) in [6.45, 7) is 1.86. The number of amides is 1. The molecule has 0 bridgehead atoms. The minimum Gasteiger partial charge on any atom is -0.350 e. The lowest BCUT2D eigenvalue weighted by Crippen LogP contribution is -2.27. The first-order valence-electron chi connectivity index (χ1n) is 8.00. The van der Waals surface area contributed by atoms with Gasteiger partial charge in [-0.3, -0.25) is 9.78 Å². The number of halogens is 2. The molecule has 0 spiro atoms. The highest BCUT2D eigenvalue weighted by Crippen LogP contribution is 2.26. The Bertz CT molecular complexity index is 899. The number of hydrogen-bond donors (Lipinski definition) is 1. The Hall–Kier alpha value is -2.44. The number of hydrogen-bond acceptors (Lipinski definition) is 5. The van der Waals surface area contributed by atoms with Gasteiger partial charge in [0.2, 0.25) is 17.6 Å². The summed E-state index contributed by atoms with van der Waals surface area (Å²) >= 11 is 12.1. The van der Waals surface area contributed by atoms with Gasteiger partial charge >= 0.3 is 0 Å². The van der Waals surface area contributed by atoms with Crippen LogP contribution >= 0.6 is 23.2 Å². The molecule has 0 aliphatic heterocycles. The molecule has 8 heteroatoms. The number of carbonyl (C=O) groups is 1. The molecule has 0 aliphatic carbocycles. The smallest absolute Gasteiger partial charge is 0.227 e. The van der Waals surface area contributed by atoms with Gasteiger partial charge in [0.05, 0.1) is 6.04 Å². The number of aromatic nitrogens is 3. The van der Waals surface area contributed by atoms with Crippen molar-refractivity contribution >= 4 is 29.1 Å². The summed E-state index contributed by atoms with van der Waals surface area (Å²) in [4.78, 5) is 20.4. The second-order valence-corrected chi connectivity index (χ2v) is 6.55. The molecule has 0 radical (unpaired) electrons. The number of carbonyl (C=O) groups excluding carboxylic acids is 1. The van der Waals surface area contributed by atoms with Crippen LogP contribution in [-0.2, 0) is 11.2 Å². The zero-order chi connectivity index (χ0) is 18.5. The van der Waals surface area contributed by atoms with Crippen molar-refractivity contribution in [2.45, 2.75) is 25.8 Å². The van der Waals surface area contributed by atoms with E-state index in [1.165, 1.54) is 0 Å². The lowest BCUT2D eigenvalue weighted by molar-refractivity contribution is -0.121. The number of nitrogens with zero attached hydrogens (tertiary/aromatic N) is 3. The van der Waals surface area contributed by atoms with Gasteiger partial charge in [0.1, 0.15) is 0 Å². The quantitative estimate of drug-likeness (QED) is 0.680. The maximum absolute atomic E-state index is 12.2. The standard InChI is InChI=1S/C18H16Cl2N4O2/c1-11(14-3-2-13(19)10-15(14)20)22-16(25)4-5-17-23-18(24-26-17)12-6-8-21-9-7-12/h2-3,6-11H,4-5H2,1H3,(H,22,25). The molecule has 1 amide bonds. The summed E-state index contributed by atoms with van der Waals surface area (Å²) in [7, 11) is 0. The summed E-state index contributed by atoms with van der Waals surface area (Å²) in [5.41, 5.74) is 1.62. The lowest BCUT2D eigenvalue weighted by atomic mass is 10.1. The van der Waals surface area contributed by atoms with E-state index < -0.39 is 0 Å². The second-order valence-electron chi connectivity index (χ2n) is 5.70. The van der Waals surface area contributed by atoms with E-state index in [9.17, 15) is 4.79 Å². The number of pyridine rings is 1. The van der Waals surface area contributed by atoms with Crippen LogP contribution in [0, 0.1) is 0 Å². The SMILES string of the molecule is CC(NC(=O)CCc1nc(-c2ccncc2)no1)c1ccc(Cl)cc1Cl. The third-order valence-corrected chi connectivity index (χ3v) is 4.34. The Morgan fingerprint density at radius 3 is 2.73 bits per heavy atom. The zero-order valence-corrected chi connectivity index (χ0v) is 15.5. The monoisotopic (exact) mass is 390 g/mol. The van der Waals surface area contributed by atoms with Gasteiger partial charge in [-0.15, -0.1) is 0 Å². The molecule has 1 aromatic carbocycles. The Balaban J connectivity index is 1.55. The summed E-state index contributed by atoms with van der Waals surface area (Å²) in [5, 5.41) is 7.89. The molecule has 0 aliphatic rings. The van der Waals surface area contributed by atoms with E-state index >= 15 is 0 Å². The molecule has 2 aromatic heterocycles. The average Bonchev–Trinajstić information content (AvgIpc) is 3.09. The first-order valence-corrected chi connectivity index (χ1v) is 8.76. The summed E-state index contributed by atoms with van der Waals surface area (Å²) in [6, 6.07) is 8.54. The van der Waals surface area contributed by atoms with Crippen molar-refractivity contribution in [1.29, 1.82) is 0 Å². The van der Waals surface area contributed by atoms with Gasteiger partial charge in [0, 0.05) is 40.8 Å².